The van der Waals surface area contributed by atoms with Crippen LogP contribution >= 0.6 is 11.3 Å². The first-order chi connectivity index (χ1) is 13.1. The summed E-state index contributed by atoms with van der Waals surface area (Å²) in [6.07, 6.45) is 6.37. The maximum atomic E-state index is 13.0. The maximum Gasteiger partial charge on any atom is 0.254 e. The monoisotopic (exact) mass is 383 g/mol. The number of nitrogens with zero attached hydrogens (tertiary/aromatic N) is 3. The summed E-state index contributed by atoms with van der Waals surface area (Å²) in [5.41, 5.74) is 4.68. The molecule has 0 N–H and O–H groups in total. The van der Waals surface area contributed by atoms with Crippen molar-refractivity contribution in [3.05, 3.63) is 51.0 Å². The molecule has 1 amide bonds. The largest absolute Gasteiger partial charge is 0.338 e. The molecule has 1 saturated heterocycles. The van der Waals surface area contributed by atoms with E-state index in [2.05, 4.69) is 46.1 Å². The molecule has 2 aromatic rings. The number of carbonyl (C=O) groups excluding carboxylic acids is 1. The van der Waals surface area contributed by atoms with Gasteiger partial charge in [-0.05, 0) is 48.8 Å². The van der Waals surface area contributed by atoms with Crippen LogP contribution in [0.1, 0.15) is 58.7 Å². The molecule has 5 heteroatoms. The Morgan fingerprint density at radius 1 is 1.33 bits per heavy atom. The Hall–Kier alpha value is -1.72. The molecule has 0 radical (unpaired) electrons. The Labute approximate surface area is 166 Å². The van der Waals surface area contributed by atoms with Crippen LogP contribution in [0, 0.1) is 5.92 Å². The minimum Gasteiger partial charge on any atom is -0.338 e. The van der Waals surface area contributed by atoms with Gasteiger partial charge in [0.05, 0.1) is 11.3 Å². The standard InChI is InChI=1S/C22H29N3OS/c1-3-17-6-7-18(23-11-17)13-24-10-8-19-20(15-27-21(19)14-24)22(26)25-9-4-5-16(2)12-25/h6-7,11,15-16H,3-5,8-10,12-14H2,1-2H3/t16-/m0/s1. The lowest BCUT2D eigenvalue weighted by Crippen LogP contribution is -2.39. The molecule has 1 atom stereocenters. The lowest BCUT2D eigenvalue weighted by atomic mass is 9.98. The van der Waals surface area contributed by atoms with Gasteiger partial charge in [-0.3, -0.25) is 14.7 Å². The van der Waals surface area contributed by atoms with Gasteiger partial charge in [0.15, 0.2) is 0 Å². The first kappa shape index (κ1) is 18.6. The molecule has 0 unspecified atom stereocenters. The van der Waals surface area contributed by atoms with Gasteiger partial charge in [-0.15, -0.1) is 11.3 Å². The Balaban J connectivity index is 1.43. The quantitative estimate of drug-likeness (QED) is 0.796. The van der Waals surface area contributed by atoms with Gasteiger partial charge in [-0.2, -0.15) is 0 Å². The van der Waals surface area contributed by atoms with Crippen LogP contribution in [0.2, 0.25) is 0 Å². The van der Waals surface area contributed by atoms with Gasteiger partial charge in [-0.1, -0.05) is 19.9 Å². The molecule has 1 fully saturated rings. The zero-order valence-corrected chi connectivity index (χ0v) is 17.2. The van der Waals surface area contributed by atoms with Gasteiger partial charge >= 0.3 is 0 Å². The van der Waals surface area contributed by atoms with E-state index in [4.69, 9.17) is 0 Å². The molecule has 4 nitrogen and oxygen atoms in total. The van der Waals surface area contributed by atoms with Crippen LogP contribution in [0.4, 0.5) is 0 Å². The molecule has 0 saturated carbocycles. The summed E-state index contributed by atoms with van der Waals surface area (Å²) in [7, 11) is 0. The normalized spacial score (nSPS) is 20.5. The van der Waals surface area contributed by atoms with Crippen molar-refractivity contribution in [2.75, 3.05) is 19.6 Å². The number of piperidine rings is 1. The van der Waals surface area contributed by atoms with E-state index in [9.17, 15) is 4.79 Å². The molecule has 0 aliphatic carbocycles. The zero-order valence-electron chi connectivity index (χ0n) is 16.4. The number of pyridine rings is 1. The molecule has 4 heterocycles. The van der Waals surface area contributed by atoms with E-state index in [0.29, 0.717) is 5.92 Å². The highest BCUT2D eigenvalue weighted by molar-refractivity contribution is 7.10. The number of hydrogen-bond donors (Lipinski definition) is 0. The highest BCUT2D eigenvalue weighted by Crippen LogP contribution is 2.31. The summed E-state index contributed by atoms with van der Waals surface area (Å²) >= 11 is 1.76. The molecule has 0 aromatic carbocycles. The van der Waals surface area contributed by atoms with Crippen LogP contribution in [0.5, 0.6) is 0 Å². The van der Waals surface area contributed by atoms with Crippen LogP contribution < -0.4 is 0 Å². The summed E-state index contributed by atoms with van der Waals surface area (Å²) < 4.78 is 0. The second-order valence-corrected chi connectivity index (χ2v) is 8.99. The smallest absolute Gasteiger partial charge is 0.254 e. The summed E-state index contributed by atoms with van der Waals surface area (Å²) in [6, 6.07) is 4.33. The number of carbonyl (C=O) groups is 1. The Morgan fingerprint density at radius 3 is 2.96 bits per heavy atom. The summed E-state index contributed by atoms with van der Waals surface area (Å²) in [5.74, 6) is 0.878. The number of fused-ring (bicyclic) bond motifs is 1. The SMILES string of the molecule is CCc1ccc(CN2CCc3c(C(=O)N4CCC[C@H](C)C4)csc3C2)nc1. The Bertz CT molecular complexity index is 798. The van der Waals surface area contributed by atoms with Crippen LogP contribution in [0.15, 0.2) is 23.7 Å². The Morgan fingerprint density at radius 2 is 2.22 bits per heavy atom. The summed E-state index contributed by atoms with van der Waals surface area (Å²) in [5, 5.41) is 2.10. The average Bonchev–Trinajstić information content (AvgIpc) is 3.11. The molecular weight excluding hydrogens is 354 g/mol. The van der Waals surface area contributed by atoms with Crippen molar-refractivity contribution in [3.63, 3.8) is 0 Å². The highest BCUT2D eigenvalue weighted by Gasteiger charge is 2.28. The van der Waals surface area contributed by atoms with E-state index < -0.39 is 0 Å². The van der Waals surface area contributed by atoms with Crippen LogP contribution in [-0.2, 0) is 25.9 Å². The third-order valence-corrected chi connectivity index (χ3v) is 6.89. The molecular formula is C22H29N3OS. The molecule has 2 aliphatic rings. The number of likely N-dealkylation sites (tertiary alicyclic amines) is 1. The van der Waals surface area contributed by atoms with E-state index in [1.807, 2.05) is 6.20 Å². The van der Waals surface area contributed by atoms with E-state index in [0.717, 1.165) is 63.2 Å². The first-order valence-electron chi connectivity index (χ1n) is 10.2. The number of hydrogen-bond acceptors (Lipinski definition) is 4. The molecule has 2 aromatic heterocycles. The van der Waals surface area contributed by atoms with Crippen molar-refractivity contribution in [1.29, 1.82) is 0 Å². The lowest BCUT2D eigenvalue weighted by molar-refractivity contribution is 0.0681. The first-order valence-corrected chi connectivity index (χ1v) is 11.1. The lowest BCUT2D eigenvalue weighted by Gasteiger charge is -2.32. The van der Waals surface area contributed by atoms with E-state index in [1.165, 1.54) is 22.4 Å². The fourth-order valence-electron chi connectivity index (χ4n) is 4.23. The second kappa shape index (κ2) is 8.11. The fourth-order valence-corrected chi connectivity index (χ4v) is 5.34. The third-order valence-electron chi connectivity index (χ3n) is 5.88. The number of rotatable bonds is 4. The molecule has 4 rings (SSSR count). The summed E-state index contributed by atoms with van der Waals surface area (Å²) in [4.78, 5) is 23.5. The third kappa shape index (κ3) is 4.09. The zero-order chi connectivity index (χ0) is 18.8. The van der Waals surface area contributed by atoms with E-state index in [-0.39, 0.29) is 5.91 Å². The minimum absolute atomic E-state index is 0.254. The highest BCUT2D eigenvalue weighted by atomic mass is 32.1. The molecule has 2 aliphatic heterocycles. The summed E-state index contributed by atoms with van der Waals surface area (Å²) in [6.45, 7) is 9.05. The van der Waals surface area contributed by atoms with Gasteiger partial charge < -0.3 is 4.90 Å². The van der Waals surface area contributed by atoms with Crippen molar-refractivity contribution < 1.29 is 4.79 Å². The van der Waals surface area contributed by atoms with Gasteiger partial charge in [-0.25, -0.2) is 0 Å². The average molecular weight is 384 g/mol. The van der Waals surface area contributed by atoms with Gasteiger partial charge in [0.1, 0.15) is 0 Å². The number of thiophene rings is 1. The fraction of sp³-hybridized carbons (Fsp3) is 0.545. The van der Waals surface area contributed by atoms with Gasteiger partial charge in [0, 0.05) is 49.2 Å². The van der Waals surface area contributed by atoms with Gasteiger partial charge in [0.2, 0.25) is 0 Å². The number of aromatic nitrogens is 1. The maximum absolute atomic E-state index is 13.0. The Kier molecular flexibility index (Phi) is 5.60. The van der Waals surface area contributed by atoms with Gasteiger partial charge in [0.25, 0.3) is 5.91 Å². The predicted molar refractivity (Wildman–Crippen MR) is 110 cm³/mol. The van der Waals surface area contributed by atoms with Crippen molar-refractivity contribution >= 4 is 17.2 Å². The predicted octanol–water partition coefficient (Wildman–Crippen LogP) is 4.14. The van der Waals surface area contributed by atoms with Crippen molar-refractivity contribution in [1.82, 2.24) is 14.8 Å². The van der Waals surface area contributed by atoms with Crippen molar-refractivity contribution in [3.8, 4) is 0 Å². The van der Waals surface area contributed by atoms with Crippen molar-refractivity contribution in [2.45, 2.75) is 52.6 Å². The van der Waals surface area contributed by atoms with E-state index >= 15 is 0 Å². The van der Waals surface area contributed by atoms with Crippen molar-refractivity contribution in [2.24, 2.45) is 5.92 Å². The molecule has 27 heavy (non-hydrogen) atoms. The molecule has 0 bridgehead atoms. The minimum atomic E-state index is 0.254. The van der Waals surface area contributed by atoms with Crippen LogP contribution in [0.25, 0.3) is 0 Å². The number of amides is 1. The molecule has 144 valence electrons. The van der Waals surface area contributed by atoms with E-state index in [1.54, 1.807) is 11.3 Å². The number of aryl methyl sites for hydroxylation is 1. The van der Waals surface area contributed by atoms with Crippen LogP contribution in [0.3, 0.4) is 0 Å². The van der Waals surface area contributed by atoms with Crippen LogP contribution in [-0.4, -0.2) is 40.3 Å². The second-order valence-electron chi connectivity index (χ2n) is 8.02. The topological polar surface area (TPSA) is 36.4 Å². The molecule has 0 spiro atoms.